The predicted molar refractivity (Wildman–Crippen MR) is 58.5 cm³/mol. The van der Waals surface area contributed by atoms with Crippen molar-refractivity contribution in [2.45, 2.75) is 26.4 Å². The van der Waals surface area contributed by atoms with Crippen molar-refractivity contribution in [3.8, 4) is 5.75 Å². The number of hydrogen-bond donors (Lipinski definition) is 0. The third-order valence-corrected chi connectivity index (χ3v) is 2.34. The van der Waals surface area contributed by atoms with Crippen LogP contribution in [0.5, 0.6) is 5.75 Å². The first kappa shape index (κ1) is 11.8. The zero-order valence-electron chi connectivity index (χ0n) is 8.57. The molecule has 0 bridgehead atoms. The molecule has 0 fully saturated rings. The molecule has 15 heavy (non-hydrogen) atoms. The molecule has 0 radical (unpaired) electrons. The summed E-state index contributed by atoms with van der Waals surface area (Å²) in [6.07, 6.45) is 0.714. The second-order valence-electron chi connectivity index (χ2n) is 3.18. The average molecular weight is 230 g/mol. The smallest absolute Gasteiger partial charge is 0.329 e. The van der Waals surface area contributed by atoms with Gasteiger partial charge in [0.1, 0.15) is 5.02 Å². The SMILES string of the molecule is CCC(C)Oc1cccc(Cl)c1[N+](=O)[O-]. The summed E-state index contributed by atoms with van der Waals surface area (Å²) in [7, 11) is 0. The summed E-state index contributed by atoms with van der Waals surface area (Å²) in [4.78, 5) is 10.2. The van der Waals surface area contributed by atoms with Gasteiger partial charge in [-0.15, -0.1) is 0 Å². The van der Waals surface area contributed by atoms with E-state index in [2.05, 4.69) is 0 Å². The fourth-order valence-electron chi connectivity index (χ4n) is 1.07. The first-order valence-electron chi connectivity index (χ1n) is 4.65. The zero-order valence-corrected chi connectivity index (χ0v) is 9.32. The lowest BCUT2D eigenvalue weighted by Gasteiger charge is -2.12. The van der Waals surface area contributed by atoms with Gasteiger partial charge in [-0.05, 0) is 25.5 Å². The van der Waals surface area contributed by atoms with Gasteiger partial charge in [0.2, 0.25) is 0 Å². The van der Waals surface area contributed by atoms with E-state index in [0.717, 1.165) is 6.42 Å². The van der Waals surface area contributed by atoms with Gasteiger partial charge in [0.15, 0.2) is 5.75 Å². The number of para-hydroxylation sites is 1. The maximum atomic E-state index is 10.8. The summed E-state index contributed by atoms with van der Waals surface area (Å²) < 4.78 is 5.41. The molecule has 1 aromatic carbocycles. The van der Waals surface area contributed by atoms with Crippen LogP contribution in [0, 0.1) is 10.1 Å². The lowest BCUT2D eigenvalue weighted by molar-refractivity contribution is -0.385. The number of nitro groups is 1. The third kappa shape index (κ3) is 2.83. The molecule has 0 N–H and O–H groups in total. The van der Waals surface area contributed by atoms with Crippen LogP contribution < -0.4 is 4.74 Å². The van der Waals surface area contributed by atoms with E-state index in [0.29, 0.717) is 0 Å². The molecule has 0 saturated carbocycles. The maximum Gasteiger partial charge on any atom is 0.329 e. The highest BCUT2D eigenvalue weighted by atomic mass is 35.5. The highest BCUT2D eigenvalue weighted by Crippen LogP contribution is 2.34. The molecule has 0 amide bonds. The zero-order chi connectivity index (χ0) is 11.4. The first-order chi connectivity index (χ1) is 7.06. The second-order valence-corrected chi connectivity index (χ2v) is 3.59. The van der Waals surface area contributed by atoms with Crippen molar-refractivity contribution >= 4 is 17.3 Å². The molecule has 4 nitrogen and oxygen atoms in total. The van der Waals surface area contributed by atoms with Crippen LogP contribution in [0.3, 0.4) is 0 Å². The maximum absolute atomic E-state index is 10.8. The molecule has 82 valence electrons. The molecule has 1 unspecified atom stereocenters. The highest BCUT2D eigenvalue weighted by Gasteiger charge is 2.20. The van der Waals surface area contributed by atoms with Crippen molar-refractivity contribution in [2.24, 2.45) is 0 Å². The fourth-order valence-corrected chi connectivity index (χ4v) is 1.30. The van der Waals surface area contributed by atoms with Crippen LogP contribution in [0.25, 0.3) is 0 Å². The highest BCUT2D eigenvalue weighted by molar-refractivity contribution is 6.32. The molecule has 5 heteroatoms. The summed E-state index contributed by atoms with van der Waals surface area (Å²) in [6, 6.07) is 4.66. The van der Waals surface area contributed by atoms with Crippen LogP contribution in [0.15, 0.2) is 18.2 Å². The molecule has 0 aromatic heterocycles. The van der Waals surface area contributed by atoms with Crippen LogP contribution in [0.4, 0.5) is 5.69 Å². The Hall–Kier alpha value is -1.29. The topological polar surface area (TPSA) is 52.4 Å². The van der Waals surface area contributed by atoms with Crippen molar-refractivity contribution in [1.82, 2.24) is 0 Å². The van der Waals surface area contributed by atoms with Crippen molar-refractivity contribution in [2.75, 3.05) is 0 Å². The summed E-state index contributed by atoms with van der Waals surface area (Å²) in [5.41, 5.74) is -0.167. The van der Waals surface area contributed by atoms with Crippen LogP contribution in [0.1, 0.15) is 20.3 Å². The van der Waals surface area contributed by atoms with E-state index in [4.69, 9.17) is 16.3 Å². The Morgan fingerprint density at radius 1 is 1.60 bits per heavy atom. The Kier molecular flexibility index (Phi) is 3.91. The molecule has 0 aliphatic carbocycles. The Morgan fingerprint density at radius 3 is 2.80 bits per heavy atom. The number of rotatable bonds is 4. The largest absolute Gasteiger partial charge is 0.484 e. The number of ether oxygens (including phenoxy) is 1. The third-order valence-electron chi connectivity index (χ3n) is 2.04. The van der Waals surface area contributed by atoms with Gasteiger partial charge in [0.05, 0.1) is 11.0 Å². The molecule has 0 heterocycles. The Labute approximate surface area is 93.0 Å². The van der Waals surface area contributed by atoms with Gasteiger partial charge in [-0.1, -0.05) is 24.6 Å². The number of benzene rings is 1. The minimum Gasteiger partial charge on any atom is -0.484 e. The quantitative estimate of drug-likeness (QED) is 0.587. The number of nitro benzene ring substituents is 1. The monoisotopic (exact) mass is 229 g/mol. The Balaban J connectivity index is 3.06. The van der Waals surface area contributed by atoms with Crippen molar-refractivity contribution < 1.29 is 9.66 Å². The molecule has 1 aromatic rings. The van der Waals surface area contributed by atoms with E-state index in [1.807, 2.05) is 13.8 Å². The van der Waals surface area contributed by atoms with Gasteiger partial charge < -0.3 is 4.74 Å². The van der Waals surface area contributed by atoms with Gasteiger partial charge >= 0.3 is 5.69 Å². The fraction of sp³-hybridized carbons (Fsp3) is 0.400. The van der Waals surface area contributed by atoms with Gasteiger partial charge in [0.25, 0.3) is 0 Å². The molecule has 0 aliphatic rings. The summed E-state index contributed by atoms with van der Waals surface area (Å²) in [5, 5.41) is 10.9. The van der Waals surface area contributed by atoms with E-state index in [-0.39, 0.29) is 22.6 Å². The number of hydrogen-bond acceptors (Lipinski definition) is 3. The van der Waals surface area contributed by atoms with Crippen LogP contribution in [0.2, 0.25) is 5.02 Å². The van der Waals surface area contributed by atoms with E-state index in [1.165, 1.54) is 6.07 Å². The van der Waals surface area contributed by atoms with Crippen molar-refractivity contribution in [1.29, 1.82) is 0 Å². The lowest BCUT2D eigenvalue weighted by atomic mass is 10.2. The summed E-state index contributed by atoms with van der Waals surface area (Å²) in [6.45, 7) is 3.80. The van der Waals surface area contributed by atoms with Crippen LogP contribution >= 0.6 is 11.6 Å². The van der Waals surface area contributed by atoms with E-state index >= 15 is 0 Å². The summed E-state index contributed by atoms with van der Waals surface area (Å²) >= 11 is 5.73. The van der Waals surface area contributed by atoms with E-state index < -0.39 is 4.92 Å². The molecule has 1 rings (SSSR count). The molecule has 0 saturated heterocycles. The molecular weight excluding hydrogens is 218 g/mol. The van der Waals surface area contributed by atoms with Gasteiger partial charge in [0, 0.05) is 0 Å². The van der Waals surface area contributed by atoms with Crippen LogP contribution in [-0.4, -0.2) is 11.0 Å². The lowest BCUT2D eigenvalue weighted by Crippen LogP contribution is -2.11. The molecule has 0 aliphatic heterocycles. The number of nitrogens with zero attached hydrogens (tertiary/aromatic N) is 1. The van der Waals surface area contributed by atoms with Crippen molar-refractivity contribution in [3.63, 3.8) is 0 Å². The number of halogens is 1. The molecular formula is C10H12ClNO3. The minimum absolute atomic E-state index is 0.0674. The first-order valence-corrected chi connectivity index (χ1v) is 5.03. The second kappa shape index (κ2) is 4.98. The predicted octanol–water partition coefficient (Wildman–Crippen LogP) is 3.43. The minimum atomic E-state index is -0.528. The Bertz CT molecular complexity index is 368. The molecule has 1 atom stereocenters. The van der Waals surface area contributed by atoms with Gasteiger partial charge in [-0.3, -0.25) is 10.1 Å². The average Bonchev–Trinajstić information content (AvgIpc) is 2.17. The van der Waals surface area contributed by atoms with Crippen molar-refractivity contribution in [3.05, 3.63) is 33.3 Å². The Morgan fingerprint density at radius 2 is 2.27 bits per heavy atom. The van der Waals surface area contributed by atoms with Gasteiger partial charge in [-0.2, -0.15) is 0 Å². The van der Waals surface area contributed by atoms with Gasteiger partial charge in [-0.25, -0.2) is 0 Å². The summed E-state index contributed by atoms with van der Waals surface area (Å²) in [5.74, 6) is 0.224. The van der Waals surface area contributed by atoms with E-state index in [1.54, 1.807) is 12.1 Å². The van der Waals surface area contributed by atoms with E-state index in [9.17, 15) is 10.1 Å². The van der Waals surface area contributed by atoms with Crippen LogP contribution in [-0.2, 0) is 0 Å². The standard InChI is InChI=1S/C10H12ClNO3/c1-3-7(2)15-9-6-4-5-8(11)10(9)12(13)14/h4-7H,3H2,1-2H3. The molecule has 0 spiro atoms. The normalized spacial score (nSPS) is 12.2.